The number of hydrogen-bond donors (Lipinski definition) is 0. The average Bonchev–Trinajstić information content (AvgIpc) is 3.30. The Balaban J connectivity index is 2.24. The van der Waals surface area contributed by atoms with Crippen molar-refractivity contribution in [3.63, 3.8) is 0 Å². The summed E-state index contributed by atoms with van der Waals surface area (Å²) in [6.45, 7) is 17.4. The highest BCUT2D eigenvalue weighted by atomic mass is 16.6. The van der Waals surface area contributed by atoms with Gasteiger partial charge in [0.05, 0.1) is 24.5 Å². The molecule has 1 heterocycles. The molecule has 0 saturated heterocycles. The van der Waals surface area contributed by atoms with Gasteiger partial charge in [0.1, 0.15) is 5.60 Å². The van der Waals surface area contributed by atoms with Gasteiger partial charge in [-0.15, -0.1) is 5.10 Å². The fourth-order valence-corrected chi connectivity index (χ4v) is 4.01. The third-order valence-electron chi connectivity index (χ3n) is 6.44. The number of hydrogen-bond acceptors (Lipinski definition) is 7. The van der Waals surface area contributed by atoms with Crippen molar-refractivity contribution < 1.29 is 28.6 Å². The number of nitrogens with zero attached hydrogens (tertiary/aromatic N) is 2. The van der Waals surface area contributed by atoms with Crippen LogP contribution in [0.4, 0.5) is 0 Å². The number of esters is 2. The van der Waals surface area contributed by atoms with E-state index in [2.05, 4.69) is 18.9 Å². The van der Waals surface area contributed by atoms with Gasteiger partial charge >= 0.3 is 11.9 Å². The first-order valence-corrected chi connectivity index (χ1v) is 13.3. The normalized spacial score (nSPS) is 14.3. The molecule has 0 amide bonds. The quantitative estimate of drug-likeness (QED) is 0.323. The monoisotopic (exact) mass is 528 g/mol. The zero-order chi connectivity index (χ0) is 28.7. The Bertz CT molecular complexity index is 1110. The van der Waals surface area contributed by atoms with Gasteiger partial charge in [0.25, 0.3) is 0 Å². The van der Waals surface area contributed by atoms with E-state index >= 15 is 0 Å². The predicted molar refractivity (Wildman–Crippen MR) is 146 cm³/mol. The summed E-state index contributed by atoms with van der Waals surface area (Å²) < 4.78 is 18.2. The van der Waals surface area contributed by atoms with Crippen LogP contribution in [0, 0.1) is 11.3 Å². The summed E-state index contributed by atoms with van der Waals surface area (Å²) in [5.41, 5.74) is -0.0371. The molecule has 38 heavy (non-hydrogen) atoms. The third kappa shape index (κ3) is 8.99. The zero-order valence-electron chi connectivity index (χ0n) is 24.4. The lowest BCUT2D eigenvalue weighted by molar-refractivity contribution is -0.162. The molecular formula is C30H44N2O6. The van der Waals surface area contributed by atoms with Gasteiger partial charge in [-0.1, -0.05) is 45.0 Å². The van der Waals surface area contributed by atoms with Crippen molar-refractivity contribution in [1.82, 2.24) is 9.78 Å². The summed E-state index contributed by atoms with van der Waals surface area (Å²) in [5.74, 6) is -0.626. The van der Waals surface area contributed by atoms with Crippen molar-refractivity contribution >= 4 is 17.8 Å². The molecule has 2 unspecified atom stereocenters. The van der Waals surface area contributed by atoms with Gasteiger partial charge < -0.3 is 14.2 Å². The van der Waals surface area contributed by atoms with Crippen molar-refractivity contribution in [3.8, 4) is 5.88 Å². The third-order valence-corrected chi connectivity index (χ3v) is 6.44. The summed E-state index contributed by atoms with van der Waals surface area (Å²) in [5, 5.41) is 4.13. The highest BCUT2D eigenvalue weighted by molar-refractivity contribution is 5.83. The lowest BCUT2D eigenvalue weighted by atomic mass is 9.73. The number of carbonyl (C=O) groups excluding carboxylic acids is 3. The second-order valence-corrected chi connectivity index (χ2v) is 12.0. The molecule has 0 saturated carbocycles. The van der Waals surface area contributed by atoms with Crippen LogP contribution in [0.25, 0.3) is 0 Å². The summed E-state index contributed by atoms with van der Waals surface area (Å²) in [6.07, 6.45) is 3.28. The summed E-state index contributed by atoms with van der Waals surface area (Å²) in [4.78, 5) is 37.3. The molecular weight excluding hydrogens is 484 g/mol. The molecule has 2 rings (SSSR count). The van der Waals surface area contributed by atoms with E-state index in [0.717, 1.165) is 11.1 Å². The van der Waals surface area contributed by atoms with Gasteiger partial charge in [-0.2, -0.15) is 0 Å². The molecule has 0 bridgehead atoms. The molecule has 0 aliphatic heterocycles. The molecule has 0 spiro atoms. The van der Waals surface area contributed by atoms with Crippen LogP contribution in [0.5, 0.6) is 5.88 Å². The smallest absolute Gasteiger partial charge is 0.316 e. The van der Waals surface area contributed by atoms with Crippen molar-refractivity contribution in [3.05, 3.63) is 47.7 Å². The number of aromatic nitrogens is 2. The maximum Gasteiger partial charge on any atom is 0.316 e. The first-order valence-electron chi connectivity index (χ1n) is 13.3. The van der Waals surface area contributed by atoms with E-state index in [4.69, 9.17) is 14.2 Å². The standard InChI is InChI=1S/C30H44N2O6/c1-10-36-26(34)21(2)18-23-12-11-13-24(19-23)30(9,27(35)38-28(4,5)6)16-15-29(7,8)20-37-25-14-17-32(31-25)22(3)33/h11-14,17,19,21H,10,15-16,18,20H2,1-9H3. The van der Waals surface area contributed by atoms with E-state index < -0.39 is 11.0 Å². The van der Waals surface area contributed by atoms with Gasteiger partial charge in [0.2, 0.25) is 11.8 Å². The highest BCUT2D eigenvalue weighted by Crippen LogP contribution is 2.37. The van der Waals surface area contributed by atoms with E-state index in [0.29, 0.717) is 38.4 Å². The Kier molecular flexibility index (Phi) is 10.3. The van der Waals surface area contributed by atoms with Crippen LogP contribution in [0.3, 0.4) is 0 Å². The Morgan fingerprint density at radius 2 is 1.71 bits per heavy atom. The largest absolute Gasteiger partial charge is 0.476 e. The molecule has 2 aromatic rings. The number of rotatable bonds is 12. The fraction of sp³-hybridized carbons (Fsp3) is 0.600. The van der Waals surface area contributed by atoms with Crippen LogP contribution < -0.4 is 4.74 Å². The zero-order valence-corrected chi connectivity index (χ0v) is 24.4. The Morgan fingerprint density at radius 3 is 2.29 bits per heavy atom. The lowest BCUT2D eigenvalue weighted by Crippen LogP contribution is -2.40. The molecule has 0 aliphatic rings. The second kappa shape index (κ2) is 12.6. The SMILES string of the molecule is CCOC(=O)C(C)Cc1cccc(C(C)(CCC(C)(C)COc2ccn(C(C)=O)n2)C(=O)OC(C)(C)C)c1. The van der Waals surface area contributed by atoms with E-state index in [-0.39, 0.29) is 29.2 Å². The van der Waals surface area contributed by atoms with E-state index in [1.165, 1.54) is 11.6 Å². The Morgan fingerprint density at radius 1 is 1.03 bits per heavy atom. The Hall–Kier alpha value is -3.16. The number of benzene rings is 1. The minimum atomic E-state index is -0.913. The maximum atomic E-state index is 13.6. The molecule has 0 aliphatic carbocycles. The molecule has 1 aromatic heterocycles. The van der Waals surface area contributed by atoms with Gasteiger partial charge in [-0.3, -0.25) is 14.4 Å². The van der Waals surface area contributed by atoms with Crippen LogP contribution >= 0.6 is 0 Å². The Labute approximate surface area is 227 Å². The van der Waals surface area contributed by atoms with Crippen molar-refractivity contribution in [2.45, 2.75) is 92.6 Å². The van der Waals surface area contributed by atoms with Crippen LogP contribution in [0.1, 0.15) is 91.1 Å². The number of ether oxygens (including phenoxy) is 3. The van der Waals surface area contributed by atoms with Crippen LogP contribution in [0.15, 0.2) is 36.5 Å². The summed E-state index contributed by atoms with van der Waals surface area (Å²) in [7, 11) is 0. The fourth-order valence-electron chi connectivity index (χ4n) is 4.01. The first kappa shape index (κ1) is 31.1. The summed E-state index contributed by atoms with van der Waals surface area (Å²) in [6, 6.07) is 9.49. The van der Waals surface area contributed by atoms with Crippen LogP contribution in [-0.2, 0) is 30.9 Å². The molecule has 210 valence electrons. The van der Waals surface area contributed by atoms with Gasteiger partial charge in [0, 0.05) is 19.2 Å². The maximum absolute atomic E-state index is 13.6. The van der Waals surface area contributed by atoms with Crippen molar-refractivity contribution in [2.75, 3.05) is 13.2 Å². The molecule has 8 heteroatoms. The van der Waals surface area contributed by atoms with Crippen molar-refractivity contribution in [1.29, 1.82) is 0 Å². The van der Waals surface area contributed by atoms with E-state index in [1.54, 1.807) is 19.2 Å². The molecule has 0 radical (unpaired) electrons. The molecule has 8 nitrogen and oxygen atoms in total. The summed E-state index contributed by atoms with van der Waals surface area (Å²) >= 11 is 0. The second-order valence-electron chi connectivity index (χ2n) is 12.0. The van der Waals surface area contributed by atoms with E-state index in [9.17, 15) is 14.4 Å². The predicted octanol–water partition coefficient (Wildman–Crippen LogP) is 5.77. The van der Waals surface area contributed by atoms with Crippen molar-refractivity contribution in [2.24, 2.45) is 11.3 Å². The lowest BCUT2D eigenvalue weighted by Gasteiger charge is -2.35. The van der Waals surface area contributed by atoms with E-state index in [1.807, 2.05) is 58.9 Å². The van der Waals surface area contributed by atoms with Gasteiger partial charge in [-0.05, 0) is 70.4 Å². The van der Waals surface area contributed by atoms with Crippen LogP contribution in [-0.4, -0.2) is 46.4 Å². The van der Waals surface area contributed by atoms with Gasteiger partial charge in [-0.25, -0.2) is 4.68 Å². The molecule has 0 N–H and O–H groups in total. The minimum Gasteiger partial charge on any atom is -0.476 e. The topological polar surface area (TPSA) is 96.7 Å². The molecule has 0 fully saturated rings. The highest BCUT2D eigenvalue weighted by Gasteiger charge is 2.40. The minimum absolute atomic E-state index is 0.189. The molecule has 1 aromatic carbocycles. The van der Waals surface area contributed by atoms with Crippen LogP contribution in [0.2, 0.25) is 0 Å². The van der Waals surface area contributed by atoms with Gasteiger partial charge in [0.15, 0.2) is 0 Å². The number of carbonyl (C=O) groups is 3. The molecule has 2 atom stereocenters. The average molecular weight is 529 g/mol. The first-order chi connectivity index (χ1) is 17.6.